The number of methoxy groups -OCH3 is 1. The van der Waals surface area contributed by atoms with Crippen LogP contribution < -0.4 is 0 Å². The summed E-state index contributed by atoms with van der Waals surface area (Å²) in [6.45, 7) is 6.93. The molecule has 0 aromatic heterocycles. The Hall–Kier alpha value is -0.771. The molecule has 0 spiro atoms. The van der Waals surface area contributed by atoms with E-state index in [0.29, 0.717) is 3.93 Å². The van der Waals surface area contributed by atoms with Gasteiger partial charge in [0, 0.05) is 0 Å². The normalized spacial score (nSPS) is 21.8. The van der Waals surface area contributed by atoms with Gasteiger partial charge in [0.25, 0.3) is 0 Å². The molecule has 156 valence electrons. The predicted molar refractivity (Wildman–Crippen MR) is 123 cm³/mol. The van der Waals surface area contributed by atoms with Gasteiger partial charge in [0.05, 0.1) is 0 Å². The second-order valence-corrected chi connectivity index (χ2v) is 22.8. The summed E-state index contributed by atoms with van der Waals surface area (Å²) >= 11 is -2.45. The molecule has 1 aliphatic carbocycles. The van der Waals surface area contributed by atoms with Crippen LogP contribution in [0.2, 0.25) is 17.2 Å². The molecule has 0 bridgehead atoms. The molecule has 1 aromatic rings. The standard InChI is InChI=1S/C13H13O2.3C4H9.Sn/c1-15-12(14)13(9-10-13)8-7-11-5-3-2-4-6-11;3*1-3-4-2;/h2-9H,10H2,1H3;3*1,3-4H2,2H3;/b8-7+;;;;/t13-;;;;/m1..../s1. The third kappa shape index (κ3) is 5.64. The van der Waals surface area contributed by atoms with Gasteiger partial charge >= 0.3 is 177 Å². The molecule has 0 N–H and O–H groups in total. The molecule has 0 aliphatic heterocycles. The number of ether oxygens (including phenoxy) is 1. The summed E-state index contributed by atoms with van der Waals surface area (Å²) in [4.78, 5) is 13.0. The fourth-order valence-electron chi connectivity index (χ4n) is 5.00. The number of carbonyl (C=O) groups excluding carboxylic acids is 1. The van der Waals surface area contributed by atoms with E-state index in [1.165, 1.54) is 57.4 Å². The van der Waals surface area contributed by atoms with Crippen LogP contribution in [-0.4, -0.2) is 31.5 Å². The van der Waals surface area contributed by atoms with Crippen LogP contribution in [0, 0.1) is 5.41 Å². The Morgan fingerprint density at radius 3 is 2.04 bits per heavy atom. The van der Waals surface area contributed by atoms with E-state index in [2.05, 4.69) is 57.2 Å². The maximum atomic E-state index is 13.0. The molecule has 2 rings (SSSR count). The number of hydrogen-bond donors (Lipinski definition) is 0. The second-order valence-electron chi connectivity index (χ2n) is 8.71. The number of esters is 1. The van der Waals surface area contributed by atoms with Crippen molar-refractivity contribution in [3.05, 3.63) is 42.0 Å². The molecule has 28 heavy (non-hydrogen) atoms. The topological polar surface area (TPSA) is 26.3 Å². The van der Waals surface area contributed by atoms with E-state index in [4.69, 9.17) is 4.74 Å². The van der Waals surface area contributed by atoms with Crippen LogP contribution in [0.1, 0.15) is 71.3 Å². The first-order valence-electron chi connectivity index (χ1n) is 11.4. The SMILES string of the molecule is CCC[CH2][Sn]([CH2]CCC)([CH2]CCC)[C@H]1C[C@]1(/C=C/c1ccccc1)C(=O)OC. The van der Waals surface area contributed by atoms with Gasteiger partial charge in [-0.05, 0) is 0 Å². The molecule has 0 radical (unpaired) electrons. The molecular formula is C25H40O2Sn. The van der Waals surface area contributed by atoms with Crippen molar-refractivity contribution in [2.75, 3.05) is 7.11 Å². The Kier molecular flexibility index (Phi) is 9.59. The zero-order valence-electron chi connectivity index (χ0n) is 18.5. The van der Waals surface area contributed by atoms with Crippen molar-refractivity contribution in [2.45, 2.75) is 83.0 Å². The Bertz CT molecular complexity index is 603. The first-order valence-corrected chi connectivity index (χ1v) is 19.1. The Morgan fingerprint density at radius 2 is 1.57 bits per heavy atom. The second kappa shape index (κ2) is 11.4. The fourth-order valence-corrected chi connectivity index (χ4v) is 25.1. The molecule has 1 aromatic carbocycles. The van der Waals surface area contributed by atoms with Gasteiger partial charge in [-0.1, -0.05) is 0 Å². The molecule has 0 unspecified atom stereocenters. The van der Waals surface area contributed by atoms with Gasteiger partial charge in [0.1, 0.15) is 0 Å². The van der Waals surface area contributed by atoms with E-state index in [-0.39, 0.29) is 11.4 Å². The fraction of sp³-hybridized carbons (Fsp3) is 0.640. The first kappa shape index (κ1) is 23.5. The van der Waals surface area contributed by atoms with Crippen LogP contribution in [0.25, 0.3) is 6.08 Å². The number of carbonyl (C=O) groups is 1. The summed E-state index contributed by atoms with van der Waals surface area (Å²) in [7, 11) is 1.57. The number of benzene rings is 1. The minimum absolute atomic E-state index is 0.00949. The Labute approximate surface area is 177 Å². The van der Waals surface area contributed by atoms with Gasteiger partial charge in [0.15, 0.2) is 0 Å². The summed E-state index contributed by atoms with van der Waals surface area (Å²) in [5.41, 5.74) is 0.837. The number of hydrogen-bond acceptors (Lipinski definition) is 2. The molecule has 2 nitrogen and oxygen atoms in total. The quantitative estimate of drug-likeness (QED) is 0.211. The van der Waals surface area contributed by atoms with E-state index in [0.717, 1.165) is 6.42 Å². The average Bonchev–Trinajstić information content (AvgIpc) is 3.49. The summed E-state index contributed by atoms with van der Waals surface area (Å²) in [6, 6.07) is 10.4. The van der Waals surface area contributed by atoms with Crippen molar-refractivity contribution < 1.29 is 9.53 Å². The molecule has 0 heterocycles. The van der Waals surface area contributed by atoms with Crippen LogP contribution in [0.3, 0.4) is 0 Å². The van der Waals surface area contributed by atoms with E-state index in [1.807, 2.05) is 6.07 Å². The van der Waals surface area contributed by atoms with Gasteiger partial charge in [-0.25, -0.2) is 0 Å². The molecule has 2 atom stereocenters. The number of rotatable bonds is 13. The van der Waals surface area contributed by atoms with Crippen LogP contribution >= 0.6 is 0 Å². The third-order valence-corrected chi connectivity index (χ3v) is 24.6. The van der Waals surface area contributed by atoms with Crippen LogP contribution in [0.5, 0.6) is 0 Å². The Morgan fingerprint density at radius 1 is 1.04 bits per heavy atom. The van der Waals surface area contributed by atoms with E-state index >= 15 is 0 Å². The maximum absolute atomic E-state index is 13.0. The Balaban J connectivity index is 2.34. The summed E-state index contributed by atoms with van der Waals surface area (Å²) in [5.74, 6) is 0.00949. The van der Waals surface area contributed by atoms with Gasteiger partial charge in [-0.2, -0.15) is 0 Å². The van der Waals surface area contributed by atoms with Crippen LogP contribution in [-0.2, 0) is 9.53 Å². The summed E-state index contributed by atoms with van der Waals surface area (Å²) in [6.07, 6.45) is 13.3. The van der Waals surface area contributed by atoms with Gasteiger partial charge in [0.2, 0.25) is 0 Å². The van der Waals surface area contributed by atoms with Crippen molar-refractivity contribution in [2.24, 2.45) is 5.41 Å². The average molecular weight is 491 g/mol. The molecule has 3 heteroatoms. The van der Waals surface area contributed by atoms with Crippen molar-refractivity contribution in [1.82, 2.24) is 0 Å². The zero-order valence-corrected chi connectivity index (χ0v) is 21.4. The van der Waals surface area contributed by atoms with Gasteiger partial charge < -0.3 is 0 Å². The van der Waals surface area contributed by atoms with Crippen LogP contribution in [0.15, 0.2) is 36.4 Å². The molecule has 0 amide bonds. The van der Waals surface area contributed by atoms with Crippen LogP contribution in [0.4, 0.5) is 0 Å². The summed E-state index contributed by atoms with van der Waals surface area (Å²) < 4.78 is 10.3. The number of unbranched alkanes of at least 4 members (excludes halogenated alkanes) is 3. The van der Waals surface area contributed by atoms with Gasteiger partial charge in [-0.15, -0.1) is 0 Å². The van der Waals surface area contributed by atoms with Crippen molar-refractivity contribution in [3.8, 4) is 0 Å². The zero-order chi connectivity index (χ0) is 20.5. The van der Waals surface area contributed by atoms with Crippen molar-refractivity contribution in [1.29, 1.82) is 0 Å². The summed E-state index contributed by atoms with van der Waals surface area (Å²) in [5, 5.41) is 0. The molecule has 0 saturated heterocycles. The van der Waals surface area contributed by atoms with E-state index in [1.54, 1.807) is 7.11 Å². The van der Waals surface area contributed by atoms with Crippen molar-refractivity contribution in [3.63, 3.8) is 0 Å². The van der Waals surface area contributed by atoms with E-state index < -0.39 is 18.4 Å². The molecule has 1 aliphatic rings. The monoisotopic (exact) mass is 492 g/mol. The molecule has 1 fully saturated rings. The first-order chi connectivity index (χ1) is 13.6. The molecule has 1 saturated carbocycles. The third-order valence-electron chi connectivity index (χ3n) is 6.77. The van der Waals surface area contributed by atoms with Crippen molar-refractivity contribution >= 4 is 30.4 Å². The van der Waals surface area contributed by atoms with E-state index in [9.17, 15) is 4.79 Å². The predicted octanol–water partition coefficient (Wildman–Crippen LogP) is 7.48. The minimum atomic E-state index is -2.45. The van der Waals surface area contributed by atoms with Gasteiger partial charge in [-0.3, -0.25) is 0 Å². The molecular weight excluding hydrogens is 451 g/mol.